The lowest BCUT2D eigenvalue weighted by Gasteiger charge is -2.10. The number of thioether (sulfide) groups is 1. The molecule has 1 aliphatic heterocycles. The maximum absolute atomic E-state index is 5.94. The summed E-state index contributed by atoms with van der Waals surface area (Å²) < 4.78 is 12.4. The molecule has 0 saturated carbocycles. The van der Waals surface area contributed by atoms with E-state index in [9.17, 15) is 0 Å². The monoisotopic (exact) mass is 492 g/mol. The van der Waals surface area contributed by atoms with Crippen LogP contribution in [0.4, 0.5) is 5.69 Å². The van der Waals surface area contributed by atoms with Gasteiger partial charge in [-0.2, -0.15) is 0 Å². The highest BCUT2D eigenvalue weighted by Gasteiger charge is 2.10. The molecular weight excluding hydrogens is 471 g/mol. The number of nitrogens with two attached hydrogens (primary N) is 1. The van der Waals surface area contributed by atoms with E-state index in [-0.39, 0.29) is 24.0 Å². The molecule has 0 atom stereocenters. The second-order valence-corrected chi connectivity index (χ2v) is 7.34. The van der Waals surface area contributed by atoms with Gasteiger partial charge in [-0.25, -0.2) is 4.98 Å². The van der Waals surface area contributed by atoms with Gasteiger partial charge in [-0.1, -0.05) is 11.8 Å². The van der Waals surface area contributed by atoms with Gasteiger partial charge >= 0.3 is 0 Å². The summed E-state index contributed by atoms with van der Waals surface area (Å²) in [6.07, 6.45) is 3.66. The first-order valence-electron chi connectivity index (χ1n) is 7.80. The van der Waals surface area contributed by atoms with Gasteiger partial charge in [0.25, 0.3) is 0 Å². The predicted molar refractivity (Wildman–Crippen MR) is 115 cm³/mol. The minimum Gasteiger partial charge on any atom is -0.490 e. The fraction of sp³-hybridized carbons (Fsp3) is 0.375. The maximum Gasteiger partial charge on any atom is 0.193 e. The SMILES string of the molecule is I.NC(=NCCCSc1nccs1)Nc1ccc2c(c1)OCCCO2. The van der Waals surface area contributed by atoms with E-state index in [0.29, 0.717) is 25.7 Å². The van der Waals surface area contributed by atoms with Crippen LogP contribution >= 0.6 is 47.1 Å². The van der Waals surface area contributed by atoms with Crippen LogP contribution in [0.1, 0.15) is 12.8 Å². The summed E-state index contributed by atoms with van der Waals surface area (Å²) >= 11 is 3.41. The lowest BCUT2D eigenvalue weighted by Crippen LogP contribution is -2.22. The molecule has 2 aromatic rings. The Bertz CT molecular complexity index is 683. The Morgan fingerprint density at radius 2 is 2.16 bits per heavy atom. The molecule has 0 amide bonds. The van der Waals surface area contributed by atoms with Crippen LogP contribution in [0.25, 0.3) is 0 Å². The number of anilines is 1. The van der Waals surface area contributed by atoms with E-state index in [2.05, 4.69) is 15.3 Å². The zero-order valence-electron chi connectivity index (χ0n) is 13.6. The summed E-state index contributed by atoms with van der Waals surface area (Å²) in [5.74, 6) is 2.90. The number of hydrogen-bond donors (Lipinski definition) is 2. The molecule has 1 aliphatic rings. The van der Waals surface area contributed by atoms with Gasteiger partial charge in [0.1, 0.15) is 4.34 Å². The van der Waals surface area contributed by atoms with E-state index in [4.69, 9.17) is 15.2 Å². The second-order valence-electron chi connectivity index (χ2n) is 5.10. The van der Waals surface area contributed by atoms with Crippen molar-refractivity contribution in [1.82, 2.24) is 4.98 Å². The Hall–Kier alpha value is -1.20. The van der Waals surface area contributed by atoms with Crippen LogP contribution < -0.4 is 20.5 Å². The number of nitrogens with one attached hydrogen (secondary N) is 1. The molecule has 1 aromatic heterocycles. The number of halogens is 1. The lowest BCUT2D eigenvalue weighted by molar-refractivity contribution is 0.297. The van der Waals surface area contributed by atoms with E-state index in [1.54, 1.807) is 23.1 Å². The molecule has 0 spiro atoms. The molecule has 0 radical (unpaired) electrons. The number of nitrogens with zero attached hydrogens (tertiary/aromatic N) is 2. The summed E-state index contributed by atoms with van der Waals surface area (Å²) in [6, 6.07) is 5.69. The number of rotatable bonds is 6. The van der Waals surface area contributed by atoms with Crippen molar-refractivity contribution < 1.29 is 9.47 Å². The molecule has 0 fully saturated rings. The molecule has 3 N–H and O–H groups in total. The number of guanidine groups is 1. The molecule has 9 heteroatoms. The molecule has 25 heavy (non-hydrogen) atoms. The third-order valence-electron chi connectivity index (χ3n) is 3.24. The first kappa shape index (κ1) is 20.1. The van der Waals surface area contributed by atoms with E-state index in [1.165, 1.54) is 0 Å². The van der Waals surface area contributed by atoms with E-state index in [0.717, 1.165) is 40.1 Å². The molecule has 0 unspecified atom stereocenters. The molecular formula is C16H21IN4O2S2. The van der Waals surface area contributed by atoms with Crippen LogP contribution in [-0.4, -0.2) is 36.5 Å². The van der Waals surface area contributed by atoms with Crippen molar-refractivity contribution in [2.75, 3.05) is 30.8 Å². The van der Waals surface area contributed by atoms with Crippen molar-refractivity contribution in [2.24, 2.45) is 10.7 Å². The van der Waals surface area contributed by atoms with Gasteiger partial charge in [0.05, 0.1) is 13.2 Å². The molecule has 1 aromatic carbocycles. The van der Waals surface area contributed by atoms with Gasteiger partial charge in [-0.3, -0.25) is 4.99 Å². The number of benzene rings is 1. The Morgan fingerprint density at radius 1 is 1.32 bits per heavy atom. The van der Waals surface area contributed by atoms with Crippen molar-refractivity contribution in [3.05, 3.63) is 29.8 Å². The first-order valence-corrected chi connectivity index (χ1v) is 9.67. The fourth-order valence-corrected chi connectivity index (χ4v) is 3.77. The number of aliphatic imine (C=N–C) groups is 1. The summed E-state index contributed by atoms with van der Waals surface area (Å²) in [5, 5.41) is 5.08. The predicted octanol–water partition coefficient (Wildman–Crippen LogP) is 3.83. The van der Waals surface area contributed by atoms with E-state index >= 15 is 0 Å². The average Bonchev–Trinajstić information content (AvgIpc) is 2.98. The molecule has 0 aliphatic carbocycles. The molecule has 6 nitrogen and oxygen atoms in total. The number of fused-ring (bicyclic) bond motifs is 1. The second kappa shape index (κ2) is 10.7. The lowest BCUT2D eigenvalue weighted by atomic mass is 10.3. The Morgan fingerprint density at radius 3 is 2.96 bits per heavy atom. The van der Waals surface area contributed by atoms with E-state index < -0.39 is 0 Å². The van der Waals surface area contributed by atoms with Gasteiger partial charge in [-0.15, -0.1) is 35.3 Å². The maximum atomic E-state index is 5.94. The zero-order chi connectivity index (χ0) is 16.6. The molecule has 3 rings (SSSR count). The molecule has 0 bridgehead atoms. The number of aromatic nitrogens is 1. The number of ether oxygens (including phenoxy) is 2. The van der Waals surface area contributed by atoms with Crippen molar-refractivity contribution in [2.45, 2.75) is 17.2 Å². The van der Waals surface area contributed by atoms with Gasteiger partial charge in [-0.05, 0) is 18.6 Å². The molecule has 136 valence electrons. The van der Waals surface area contributed by atoms with Crippen molar-refractivity contribution in [3.63, 3.8) is 0 Å². The number of thiazole rings is 1. The van der Waals surface area contributed by atoms with Crippen LogP contribution in [0.15, 0.2) is 39.1 Å². The summed E-state index contributed by atoms with van der Waals surface area (Å²) in [4.78, 5) is 8.58. The Labute approximate surface area is 172 Å². The zero-order valence-corrected chi connectivity index (χ0v) is 17.6. The van der Waals surface area contributed by atoms with Gasteiger partial charge in [0.2, 0.25) is 0 Å². The van der Waals surface area contributed by atoms with Crippen LogP contribution in [0.3, 0.4) is 0 Å². The quantitative estimate of drug-likeness (QED) is 0.210. The van der Waals surface area contributed by atoms with Gasteiger partial charge in [0, 0.05) is 42.0 Å². The highest BCUT2D eigenvalue weighted by Crippen LogP contribution is 2.32. The third kappa shape index (κ3) is 6.55. The standard InChI is InChI=1S/C16H20N4O2S2.HI/c17-15(18-5-1-9-23-16-19-6-10-24-16)20-12-3-4-13-14(11-12)22-8-2-7-21-13;/h3-4,6,10-11H,1-2,5,7-9H2,(H3,17,18,20);1H. The third-order valence-corrected chi connectivity index (χ3v) is 5.29. The van der Waals surface area contributed by atoms with Crippen LogP contribution in [0.5, 0.6) is 11.5 Å². The van der Waals surface area contributed by atoms with Crippen LogP contribution in [0.2, 0.25) is 0 Å². The number of hydrogen-bond acceptors (Lipinski definition) is 6. The van der Waals surface area contributed by atoms with E-state index in [1.807, 2.05) is 29.8 Å². The first-order chi connectivity index (χ1) is 11.8. The Kier molecular flexibility index (Phi) is 8.62. The fourth-order valence-electron chi connectivity index (χ4n) is 2.13. The van der Waals surface area contributed by atoms with Crippen molar-refractivity contribution in [1.29, 1.82) is 0 Å². The summed E-state index contributed by atoms with van der Waals surface area (Å²) in [7, 11) is 0. The topological polar surface area (TPSA) is 81.8 Å². The van der Waals surface area contributed by atoms with Crippen LogP contribution in [-0.2, 0) is 0 Å². The van der Waals surface area contributed by atoms with Crippen LogP contribution in [0, 0.1) is 0 Å². The summed E-state index contributed by atoms with van der Waals surface area (Å²) in [5.41, 5.74) is 6.78. The highest BCUT2D eigenvalue weighted by atomic mass is 127. The largest absolute Gasteiger partial charge is 0.490 e. The van der Waals surface area contributed by atoms with Gasteiger partial charge < -0.3 is 20.5 Å². The smallest absolute Gasteiger partial charge is 0.193 e. The minimum absolute atomic E-state index is 0. The summed E-state index contributed by atoms with van der Waals surface area (Å²) in [6.45, 7) is 2.03. The minimum atomic E-state index is 0. The highest BCUT2D eigenvalue weighted by molar-refractivity contribution is 14.0. The average molecular weight is 492 g/mol. The molecule has 2 heterocycles. The normalized spacial score (nSPS) is 13.7. The molecule has 0 saturated heterocycles. The van der Waals surface area contributed by atoms with Crippen molar-refractivity contribution in [3.8, 4) is 11.5 Å². The Balaban J connectivity index is 0.00000225. The van der Waals surface area contributed by atoms with Gasteiger partial charge in [0.15, 0.2) is 17.5 Å². The van der Waals surface area contributed by atoms with Crippen molar-refractivity contribution >= 4 is 58.7 Å².